The lowest BCUT2D eigenvalue weighted by Gasteiger charge is -2.15. The van der Waals surface area contributed by atoms with Crippen LogP contribution in [0.2, 0.25) is 0 Å². The Kier molecular flexibility index (Phi) is 2.53. The number of nitrogens with one attached hydrogen (secondary N) is 1. The van der Waals surface area contributed by atoms with Crippen LogP contribution < -0.4 is 5.32 Å². The molecule has 0 aromatic rings. The van der Waals surface area contributed by atoms with Crippen LogP contribution in [-0.4, -0.2) is 37.6 Å². The lowest BCUT2D eigenvalue weighted by molar-refractivity contribution is 0.345. The summed E-state index contributed by atoms with van der Waals surface area (Å²) in [5.74, 6) is 1.80. The summed E-state index contributed by atoms with van der Waals surface area (Å²) < 4.78 is 1.11. The summed E-state index contributed by atoms with van der Waals surface area (Å²) in [4.78, 5) is 2.49. The Balaban J connectivity index is 1.86. The second-order valence-corrected chi connectivity index (χ2v) is 5.01. The zero-order chi connectivity index (χ0) is 8.55. The van der Waals surface area contributed by atoms with Gasteiger partial charge in [0, 0.05) is 24.1 Å². The molecule has 2 unspecified atom stereocenters. The molecule has 2 aliphatic rings. The van der Waals surface area contributed by atoms with Gasteiger partial charge in [-0.2, -0.15) is 0 Å². The first-order chi connectivity index (χ1) is 5.75. The molecule has 0 radical (unpaired) electrons. The summed E-state index contributed by atoms with van der Waals surface area (Å²) >= 11 is 3.41. The van der Waals surface area contributed by atoms with E-state index in [2.05, 4.69) is 32.7 Å². The van der Waals surface area contributed by atoms with Gasteiger partial charge in [0.15, 0.2) is 0 Å². The fourth-order valence-corrected chi connectivity index (χ4v) is 2.68. The minimum atomic E-state index is 0.900. The highest BCUT2D eigenvalue weighted by Gasteiger charge is 2.35. The molecule has 2 saturated heterocycles. The van der Waals surface area contributed by atoms with Crippen molar-refractivity contribution in [2.75, 3.05) is 32.7 Å². The Morgan fingerprint density at radius 3 is 2.50 bits per heavy atom. The van der Waals surface area contributed by atoms with Crippen molar-refractivity contribution in [2.45, 2.75) is 0 Å². The Bertz CT molecular complexity index is 181. The maximum atomic E-state index is 3.87. The molecule has 2 aliphatic heterocycles. The van der Waals surface area contributed by atoms with Crippen LogP contribution in [0.15, 0.2) is 11.1 Å². The number of nitrogens with zero attached hydrogens (tertiary/aromatic N) is 1. The summed E-state index contributed by atoms with van der Waals surface area (Å²) in [6, 6.07) is 0. The van der Waals surface area contributed by atoms with E-state index in [-0.39, 0.29) is 0 Å². The lowest BCUT2D eigenvalue weighted by Crippen LogP contribution is -2.26. The maximum absolute atomic E-state index is 3.87. The van der Waals surface area contributed by atoms with E-state index in [0.717, 1.165) is 22.9 Å². The predicted octanol–water partition coefficient (Wildman–Crippen LogP) is 1.05. The number of halogens is 1. The minimum Gasteiger partial charge on any atom is -0.316 e. The fraction of sp³-hybridized carbons (Fsp3) is 0.778. The van der Waals surface area contributed by atoms with Crippen molar-refractivity contribution in [1.29, 1.82) is 0 Å². The SMILES string of the molecule is C=C(Br)CN1CC2CNCC2C1. The van der Waals surface area contributed by atoms with Gasteiger partial charge in [-0.05, 0) is 24.9 Å². The highest BCUT2D eigenvalue weighted by Crippen LogP contribution is 2.26. The van der Waals surface area contributed by atoms with Crippen LogP contribution in [-0.2, 0) is 0 Å². The lowest BCUT2D eigenvalue weighted by atomic mass is 10.0. The second kappa shape index (κ2) is 3.48. The molecule has 2 atom stereocenters. The molecule has 0 saturated carbocycles. The molecule has 2 rings (SSSR count). The summed E-state index contributed by atoms with van der Waals surface area (Å²) in [5, 5.41) is 3.44. The number of fused-ring (bicyclic) bond motifs is 1. The zero-order valence-corrected chi connectivity index (χ0v) is 8.81. The first-order valence-corrected chi connectivity index (χ1v) is 5.31. The Morgan fingerprint density at radius 1 is 1.42 bits per heavy atom. The molecule has 12 heavy (non-hydrogen) atoms. The average molecular weight is 231 g/mol. The van der Waals surface area contributed by atoms with Crippen molar-refractivity contribution >= 4 is 15.9 Å². The van der Waals surface area contributed by atoms with Crippen LogP contribution in [0.1, 0.15) is 0 Å². The smallest absolute Gasteiger partial charge is 0.0294 e. The second-order valence-electron chi connectivity index (χ2n) is 3.89. The number of hydrogen-bond donors (Lipinski definition) is 1. The first-order valence-electron chi connectivity index (χ1n) is 4.52. The van der Waals surface area contributed by atoms with E-state index in [1.165, 1.54) is 26.2 Å². The molecule has 3 heteroatoms. The monoisotopic (exact) mass is 230 g/mol. The summed E-state index contributed by atoms with van der Waals surface area (Å²) in [6.45, 7) is 9.83. The average Bonchev–Trinajstić information content (AvgIpc) is 2.43. The molecule has 0 aliphatic carbocycles. The van der Waals surface area contributed by atoms with Crippen LogP contribution in [0.4, 0.5) is 0 Å². The van der Waals surface area contributed by atoms with E-state index in [1.807, 2.05) is 0 Å². The van der Waals surface area contributed by atoms with Crippen molar-refractivity contribution in [3.8, 4) is 0 Å². The van der Waals surface area contributed by atoms with Crippen molar-refractivity contribution in [3.63, 3.8) is 0 Å². The quantitative estimate of drug-likeness (QED) is 0.764. The predicted molar refractivity (Wildman–Crippen MR) is 54.4 cm³/mol. The standard InChI is InChI=1S/C9H15BrN2/c1-7(10)4-12-5-8-2-11-3-9(8)6-12/h8-9,11H,1-6H2. The Labute approximate surface area is 82.1 Å². The van der Waals surface area contributed by atoms with Crippen LogP contribution in [0.3, 0.4) is 0 Å². The molecule has 2 fully saturated rings. The van der Waals surface area contributed by atoms with Gasteiger partial charge < -0.3 is 5.32 Å². The van der Waals surface area contributed by atoms with Gasteiger partial charge in [-0.15, -0.1) is 0 Å². The third kappa shape index (κ3) is 1.73. The Morgan fingerprint density at radius 2 is 2.00 bits per heavy atom. The van der Waals surface area contributed by atoms with Crippen molar-refractivity contribution in [3.05, 3.63) is 11.1 Å². The highest BCUT2D eigenvalue weighted by atomic mass is 79.9. The van der Waals surface area contributed by atoms with E-state index in [9.17, 15) is 0 Å². The zero-order valence-electron chi connectivity index (χ0n) is 7.22. The van der Waals surface area contributed by atoms with Gasteiger partial charge in [0.1, 0.15) is 0 Å². The maximum Gasteiger partial charge on any atom is 0.0294 e. The molecule has 0 amide bonds. The van der Waals surface area contributed by atoms with Gasteiger partial charge in [0.2, 0.25) is 0 Å². The van der Waals surface area contributed by atoms with Crippen LogP contribution >= 0.6 is 15.9 Å². The molecular formula is C9H15BrN2. The molecule has 68 valence electrons. The van der Waals surface area contributed by atoms with Crippen molar-refractivity contribution in [2.24, 2.45) is 11.8 Å². The summed E-state index contributed by atoms with van der Waals surface area (Å²) in [7, 11) is 0. The van der Waals surface area contributed by atoms with Gasteiger partial charge >= 0.3 is 0 Å². The molecule has 0 aromatic carbocycles. The number of likely N-dealkylation sites (tertiary alicyclic amines) is 1. The normalized spacial score (nSPS) is 35.4. The van der Waals surface area contributed by atoms with Crippen molar-refractivity contribution in [1.82, 2.24) is 10.2 Å². The molecular weight excluding hydrogens is 216 g/mol. The highest BCUT2D eigenvalue weighted by molar-refractivity contribution is 9.11. The topological polar surface area (TPSA) is 15.3 Å². The van der Waals surface area contributed by atoms with E-state index < -0.39 is 0 Å². The van der Waals surface area contributed by atoms with E-state index in [1.54, 1.807) is 0 Å². The third-order valence-corrected chi connectivity index (χ3v) is 3.11. The number of hydrogen-bond acceptors (Lipinski definition) is 2. The molecule has 2 heterocycles. The molecule has 2 nitrogen and oxygen atoms in total. The fourth-order valence-electron chi connectivity index (χ4n) is 2.32. The van der Waals surface area contributed by atoms with Crippen LogP contribution in [0.25, 0.3) is 0 Å². The van der Waals surface area contributed by atoms with Crippen LogP contribution in [0.5, 0.6) is 0 Å². The molecule has 1 N–H and O–H groups in total. The summed E-state index contributed by atoms with van der Waals surface area (Å²) in [6.07, 6.45) is 0. The molecule has 0 aromatic heterocycles. The van der Waals surface area contributed by atoms with E-state index in [0.29, 0.717) is 0 Å². The van der Waals surface area contributed by atoms with Gasteiger partial charge in [-0.1, -0.05) is 22.5 Å². The van der Waals surface area contributed by atoms with Crippen molar-refractivity contribution < 1.29 is 0 Å². The molecule has 0 spiro atoms. The largest absolute Gasteiger partial charge is 0.316 e. The van der Waals surface area contributed by atoms with Gasteiger partial charge in [0.05, 0.1) is 0 Å². The minimum absolute atomic E-state index is 0.900. The van der Waals surface area contributed by atoms with Gasteiger partial charge in [-0.3, -0.25) is 4.90 Å². The van der Waals surface area contributed by atoms with E-state index >= 15 is 0 Å². The summed E-state index contributed by atoms with van der Waals surface area (Å²) in [5.41, 5.74) is 0. The Hall–Kier alpha value is 0.140. The number of rotatable bonds is 2. The van der Waals surface area contributed by atoms with Gasteiger partial charge in [-0.25, -0.2) is 0 Å². The molecule has 0 bridgehead atoms. The first kappa shape index (κ1) is 8.73. The third-order valence-electron chi connectivity index (χ3n) is 2.86. The van der Waals surface area contributed by atoms with Gasteiger partial charge in [0.25, 0.3) is 0 Å². The van der Waals surface area contributed by atoms with E-state index in [4.69, 9.17) is 0 Å². The van der Waals surface area contributed by atoms with Crippen LogP contribution in [0, 0.1) is 11.8 Å².